The zero-order valence-electron chi connectivity index (χ0n) is 13.6. The molecule has 0 fully saturated rings. The molecule has 1 atom stereocenters. The van der Waals surface area contributed by atoms with E-state index in [1.807, 2.05) is 37.7 Å². The summed E-state index contributed by atoms with van der Waals surface area (Å²) in [5.41, 5.74) is 2.09. The molecule has 1 N–H and O–H groups in total. The molecule has 126 valence electrons. The number of ether oxygens (including phenoxy) is 1. The summed E-state index contributed by atoms with van der Waals surface area (Å²) in [6.45, 7) is 2.20. The van der Waals surface area contributed by atoms with E-state index in [1.165, 1.54) is 16.6 Å². The van der Waals surface area contributed by atoms with E-state index in [0.717, 1.165) is 16.6 Å². The molecule has 3 rings (SSSR count). The van der Waals surface area contributed by atoms with Gasteiger partial charge in [0.2, 0.25) is 0 Å². The molecule has 24 heavy (non-hydrogen) atoms. The van der Waals surface area contributed by atoms with Gasteiger partial charge in [-0.15, -0.1) is 11.3 Å². The summed E-state index contributed by atoms with van der Waals surface area (Å²) in [5, 5.41) is 6.12. The first kappa shape index (κ1) is 16.9. The summed E-state index contributed by atoms with van der Waals surface area (Å²) in [4.78, 5) is 17.5. The van der Waals surface area contributed by atoms with E-state index in [4.69, 9.17) is 9.73 Å². The zero-order chi connectivity index (χ0) is 16.9. The first-order valence-corrected chi connectivity index (χ1v) is 9.54. The minimum Gasteiger partial charge on any atom is -0.465 e. The minimum atomic E-state index is -0.227. The number of thioether (sulfide) groups is 1. The highest BCUT2D eigenvalue weighted by Crippen LogP contribution is 2.31. The summed E-state index contributed by atoms with van der Waals surface area (Å²) >= 11 is 3.05. The number of aryl methyl sites for hydroxylation is 1. The predicted octanol–water partition coefficient (Wildman–Crippen LogP) is 3.42. The van der Waals surface area contributed by atoms with Crippen LogP contribution in [-0.2, 0) is 16.6 Å². The average Bonchev–Trinajstić information content (AvgIpc) is 3.24. The van der Waals surface area contributed by atoms with Gasteiger partial charge < -0.3 is 14.6 Å². The van der Waals surface area contributed by atoms with Crippen LogP contribution in [0.3, 0.4) is 0 Å². The molecule has 1 aliphatic rings. The number of carbonyl (C=O) groups is 1. The second-order valence-corrected chi connectivity index (χ2v) is 7.14. The largest absolute Gasteiger partial charge is 0.465 e. The van der Waals surface area contributed by atoms with Gasteiger partial charge in [-0.2, -0.15) is 0 Å². The Morgan fingerprint density at radius 3 is 3.00 bits per heavy atom. The van der Waals surface area contributed by atoms with E-state index < -0.39 is 0 Å². The number of amidine groups is 1. The Labute approximate surface area is 149 Å². The fraction of sp³-hybridized carbons (Fsp3) is 0.294. The molecular weight excluding hydrogens is 342 g/mol. The fourth-order valence-corrected chi connectivity index (χ4v) is 3.85. The third-order valence-electron chi connectivity index (χ3n) is 3.51. The van der Waals surface area contributed by atoms with Gasteiger partial charge in [0, 0.05) is 18.1 Å². The molecule has 0 bridgehead atoms. The van der Waals surface area contributed by atoms with Gasteiger partial charge in [-0.1, -0.05) is 17.8 Å². The lowest BCUT2D eigenvalue weighted by atomic mass is 10.1. The summed E-state index contributed by atoms with van der Waals surface area (Å²) in [7, 11) is 2.01. The van der Waals surface area contributed by atoms with Crippen LogP contribution < -0.4 is 5.32 Å². The van der Waals surface area contributed by atoms with Crippen molar-refractivity contribution in [3.63, 3.8) is 0 Å². The number of thiophene rings is 1. The maximum Gasteiger partial charge on any atom is 0.316 e. The van der Waals surface area contributed by atoms with Crippen LogP contribution >= 0.6 is 23.1 Å². The van der Waals surface area contributed by atoms with Crippen LogP contribution in [0.4, 0.5) is 0 Å². The van der Waals surface area contributed by atoms with Crippen LogP contribution in [0.5, 0.6) is 0 Å². The van der Waals surface area contributed by atoms with Crippen molar-refractivity contribution in [2.45, 2.75) is 13.0 Å². The highest BCUT2D eigenvalue weighted by atomic mass is 32.2. The standard InChI is InChI=1S/C17H19N3O2S2/c1-3-22-16(21)11-24-17-18-12(14-6-4-8-20(14)2)10-13(19-17)15-7-5-9-23-15/h4-10,13H,3,11H2,1-2H3,(H,18,19). The third kappa shape index (κ3) is 3.91. The second-order valence-electron chi connectivity index (χ2n) is 5.20. The third-order valence-corrected chi connectivity index (χ3v) is 5.31. The normalized spacial score (nSPS) is 17.0. The number of aromatic nitrogens is 1. The Balaban J connectivity index is 1.82. The second kappa shape index (κ2) is 7.72. The summed E-state index contributed by atoms with van der Waals surface area (Å²) in [6, 6.07) is 8.13. The number of nitrogens with one attached hydrogen (secondary N) is 1. The van der Waals surface area contributed by atoms with Crippen molar-refractivity contribution < 1.29 is 9.53 Å². The molecule has 0 aliphatic carbocycles. The summed E-state index contributed by atoms with van der Waals surface area (Å²) < 4.78 is 7.05. The van der Waals surface area contributed by atoms with Crippen LogP contribution in [0.25, 0.3) is 5.70 Å². The van der Waals surface area contributed by atoms with Crippen LogP contribution in [0.15, 0.2) is 46.9 Å². The number of esters is 1. The molecule has 0 saturated carbocycles. The van der Waals surface area contributed by atoms with Gasteiger partial charge in [0.05, 0.1) is 23.8 Å². The Hall–Kier alpha value is -1.99. The lowest BCUT2D eigenvalue weighted by Gasteiger charge is -2.21. The Bertz CT molecular complexity index is 763. The van der Waals surface area contributed by atoms with Crippen molar-refractivity contribution in [3.05, 3.63) is 52.5 Å². The molecule has 1 aliphatic heterocycles. The van der Waals surface area contributed by atoms with Gasteiger partial charge in [0.15, 0.2) is 5.17 Å². The van der Waals surface area contributed by atoms with Gasteiger partial charge >= 0.3 is 5.97 Å². The van der Waals surface area contributed by atoms with E-state index in [9.17, 15) is 4.79 Å². The van der Waals surface area contributed by atoms with E-state index in [0.29, 0.717) is 6.61 Å². The number of hydrogen-bond acceptors (Lipinski definition) is 6. The maximum atomic E-state index is 11.6. The molecule has 0 spiro atoms. The smallest absolute Gasteiger partial charge is 0.316 e. The van der Waals surface area contributed by atoms with Gasteiger partial charge in [-0.25, -0.2) is 4.99 Å². The molecule has 2 aromatic rings. The van der Waals surface area contributed by atoms with Gasteiger partial charge in [0.25, 0.3) is 0 Å². The number of hydrogen-bond donors (Lipinski definition) is 1. The molecule has 0 radical (unpaired) electrons. The van der Waals surface area contributed by atoms with E-state index in [1.54, 1.807) is 11.3 Å². The first-order valence-electron chi connectivity index (χ1n) is 7.67. The monoisotopic (exact) mass is 361 g/mol. The van der Waals surface area contributed by atoms with E-state index in [-0.39, 0.29) is 17.8 Å². The van der Waals surface area contributed by atoms with Gasteiger partial charge in [0.1, 0.15) is 6.04 Å². The van der Waals surface area contributed by atoms with Crippen molar-refractivity contribution in [3.8, 4) is 0 Å². The number of rotatable bonds is 5. The molecule has 1 unspecified atom stereocenters. The number of aliphatic imine (C=N–C) groups is 1. The molecule has 0 saturated heterocycles. The molecule has 2 aromatic heterocycles. The number of carbonyl (C=O) groups excluding carboxylic acids is 1. The van der Waals surface area contributed by atoms with Crippen LogP contribution in [0.1, 0.15) is 23.5 Å². The van der Waals surface area contributed by atoms with E-state index >= 15 is 0 Å². The maximum absolute atomic E-state index is 11.6. The minimum absolute atomic E-state index is 0.0409. The fourth-order valence-electron chi connectivity index (χ4n) is 2.41. The number of nitrogens with zero attached hydrogens (tertiary/aromatic N) is 2. The van der Waals surface area contributed by atoms with Crippen LogP contribution in [0.2, 0.25) is 0 Å². The average molecular weight is 361 g/mol. The van der Waals surface area contributed by atoms with Crippen LogP contribution in [-0.4, -0.2) is 28.1 Å². The summed E-state index contributed by atoms with van der Waals surface area (Å²) in [5.74, 6) is 0.0201. The van der Waals surface area contributed by atoms with Gasteiger partial charge in [-0.3, -0.25) is 4.79 Å². The van der Waals surface area contributed by atoms with Gasteiger partial charge in [-0.05, 0) is 36.6 Å². The molecular formula is C17H19N3O2S2. The van der Waals surface area contributed by atoms with Crippen molar-refractivity contribution in [1.82, 2.24) is 9.88 Å². The Morgan fingerprint density at radius 1 is 1.46 bits per heavy atom. The Morgan fingerprint density at radius 2 is 2.33 bits per heavy atom. The highest BCUT2D eigenvalue weighted by molar-refractivity contribution is 8.14. The first-order chi connectivity index (χ1) is 11.7. The van der Waals surface area contributed by atoms with Crippen molar-refractivity contribution in [2.24, 2.45) is 12.0 Å². The molecule has 0 amide bonds. The SMILES string of the molecule is CCOC(=O)CSC1=NC(c2cccs2)C=C(c2cccn2C)N1. The van der Waals surface area contributed by atoms with Crippen LogP contribution in [0, 0.1) is 0 Å². The molecule has 5 nitrogen and oxygen atoms in total. The molecule has 0 aromatic carbocycles. The van der Waals surface area contributed by atoms with Crippen molar-refractivity contribution in [2.75, 3.05) is 12.4 Å². The molecule has 7 heteroatoms. The Kier molecular flexibility index (Phi) is 5.42. The highest BCUT2D eigenvalue weighted by Gasteiger charge is 2.21. The summed E-state index contributed by atoms with van der Waals surface area (Å²) in [6.07, 6.45) is 4.13. The topological polar surface area (TPSA) is 55.6 Å². The van der Waals surface area contributed by atoms with E-state index in [2.05, 4.69) is 28.1 Å². The van der Waals surface area contributed by atoms with Crippen molar-refractivity contribution >= 4 is 39.9 Å². The predicted molar refractivity (Wildman–Crippen MR) is 100 cm³/mol. The lowest BCUT2D eigenvalue weighted by Crippen LogP contribution is -2.26. The zero-order valence-corrected chi connectivity index (χ0v) is 15.2. The quantitative estimate of drug-likeness (QED) is 0.829. The van der Waals surface area contributed by atoms with Crippen molar-refractivity contribution in [1.29, 1.82) is 0 Å². The molecule has 3 heterocycles. The lowest BCUT2D eigenvalue weighted by molar-refractivity contribution is -0.139.